The number of anilines is 1. The number of rotatable bonds is 3. The summed E-state index contributed by atoms with van der Waals surface area (Å²) in [6.07, 6.45) is 1.53. The highest BCUT2D eigenvalue weighted by Crippen LogP contribution is 2.23. The predicted molar refractivity (Wildman–Crippen MR) is 96.8 cm³/mol. The number of hydrogen-bond donors (Lipinski definition) is 1. The smallest absolute Gasteiger partial charge is 0.410 e. The molecule has 1 N–H and O–H groups in total. The van der Waals surface area contributed by atoms with Crippen LogP contribution in [-0.4, -0.2) is 60.2 Å². The maximum Gasteiger partial charge on any atom is 0.410 e. The fourth-order valence-corrected chi connectivity index (χ4v) is 2.79. The van der Waals surface area contributed by atoms with Gasteiger partial charge in [0.15, 0.2) is 0 Å². The third-order valence-electron chi connectivity index (χ3n) is 4.00. The molecule has 0 unspecified atom stereocenters. The highest BCUT2D eigenvalue weighted by molar-refractivity contribution is 5.92. The van der Waals surface area contributed by atoms with E-state index >= 15 is 0 Å². The molecule has 0 spiro atoms. The first-order valence-electron chi connectivity index (χ1n) is 8.55. The molecular formula is C18H25N5O3. The highest BCUT2D eigenvalue weighted by Gasteiger charge is 2.32. The summed E-state index contributed by atoms with van der Waals surface area (Å²) in [7, 11) is 1.55. The first-order valence-corrected chi connectivity index (χ1v) is 8.55. The average Bonchev–Trinajstić information content (AvgIpc) is 2.60. The van der Waals surface area contributed by atoms with Gasteiger partial charge in [0.1, 0.15) is 11.3 Å². The number of carbonyl (C=O) groups excluding carboxylic acids is 2. The zero-order valence-electron chi connectivity index (χ0n) is 15.7. The molecule has 1 aromatic heterocycles. The third kappa shape index (κ3) is 4.85. The molecule has 26 heavy (non-hydrogen) atoms. The van der Waals surface area contributed by atoms with Crippen molar-refractivity contribution >= 4 is 17.7 Å². The van der Waals surface area contributed by atoms with E-state index in [4.69, 9.17) is 10.00 Å². The molecule has 140 valence electrons. The zero-order valence-corrected chi connectivity index (χ0v) is 15.7. The van der Waals surface area contributed by atoms with E-state index in [0.717, 1.165) is 5.69 Å². The van der Waals surface area contributed by atoms with Crippen LogP contribution in [0.5, 0.6) is 0 Å². The van der Waals surface area contributed by atoms with Gasteiger partial charge in [-0.3, -0.25) is 4.79 Å². The van der Waals surface area contributed by atoms with E-state index in [1.54, 1.807) is 24.2 Å². The molecule has 1 saturated heterocycles. The SMILES string of the molecule is CNC(=O)c1ccc(N2CCN(C(=O)OC(C)(C)C)C[C@@H]2CC#N)cn1. The number of nitrogens with zero attached hydrogens (tertiary/aromatic N) is 4. The largest absolute Gasteiger partial charge is 0.444 e. The first-order chi connectivity index (χ1) is 12.2. The summed E-state index contributed by atoms with van der Waals surface area (Å²) in [6.45, 7) is 6.94. The molecule has 1 fully saturated rings. The molecule has 2 rings (SSSR count). The molecule has 0 bridgehead atoms. The number of nitrogens with one attached hydrogen (secondary N) is 1. The highest BCUT2D eigenvalue weighted by atomic mass is 16.6. The Morgan fingerprint density at radius 3 is 2.65 bits per heavy atom. The van der Waals surface area contributed by atoms with Crippen molar-refractivity contribution in [3.8, 4) is 6.07 Å². The number of piperazine rings is 1. The van der Waals surface area contributed by atoms with Crippen LogP contribution in [0, 0.1) is 11.3 Å². The summed E-state index contributed by atoms with van der Waals surface area (Å²) < 4.78 is 5.43. The number of amides is 2. The van der Waals surface area contributed by atoms with Crippen LogP contribution in [0.2, 0.25) is 0 Å². The molecule has 1 aromatic rings. The van der Waals surface area contributed by atoms with Crippen molar-refractivity contribution in [2.24, 2.45) is 0 Å². The monoisotopic (exact) mass is 359 g/mol. The lowest BCUT2D eigenvalue weighted by atomic mass is 10.1. The molecule has 0 aromatic carbocycles. The van der Waals surface area contributed by atoms with Crippen molar-refractivity contribution < 1.29 is 14.3 Å². The van der Waals surface area contributed by atoms with E-state index in [0.29, 0.717) is 25.3 Å². The molecular weight excluding hydrogens is 334 g/mol. The molecule has 8 nitrogen and oxygen atoms in total. The summed E-state index contributed by atoms with van der Waals surface area (Å²) in [5.74, 6) is -0.250. The minimum absolute atomic E-state index is 0.158. The van der Waals surface area contributed by atoms with Crippen LogP contribution >= 0.6 is 0 Å². The Kier molecular flexibility index (Phi) is 6.03. The molecule has 0 aliphatic carbocycles. The van der Waals surface area contributed by atoms with Gasteiger partial charge in [-0.05, 0) is 32.9 Å². The van der Waals surface area contributed by atoms with Crippen molar-refractivity contribution in [2.45, 2.75) is 38.8 Å². The quantitative estimate of drug-likeness (QED) is 0.883. The second-order valence-corrected chi connectivity index (χ2v) is 7.12. The Bertz CT molecular complexity index is 690. The van der Waals surface area contributed by atoms with Crippen LogP contribution < -0.4 is 10.2 Å². The summed E-state index contributed by atoms with van der Waals surface area (Å²) in [5.41, 5.74) is 0.598. The topological polar surface area (TPSA) is 98.6 Å². The number of ether oxygens (including phenoxy) is 1. The Hall–Kier alpha value is -2.82. The third-order valence-corrected chi connectivity index (χ3v) is 4.00. The van der Waals surface area contributed by atoms with Gasteiger partial charge in [0.2, 0.25) is 0 Å². The fraction of sp³-hybridized carbons (Fsp3) is 0.556. The van der Waals surface area contributed by atoms with Gasteiger partial charge in [-0.25, -0.2) is 9.78 Å². The first kappa shape index (κ1) is 19.5. The molecule has 1 aliphatic rings. The van der Waals surface area contributed by atoms with Crippen LogP contribution in [0.1, 0.15) is 37.7 Å². The van der Waals surface area contributed by atoms with E-state index in [9.17, 15) is 9.59 Å². The molecule has 1 aliphatic heterocycles. The second kappa shape index (κ2) is 8.04. The molecule has 8 heteroatoms. The maximum atomic E-state index is 12.3. The van der Waals surface area contributed by atoms with Gasteiger partial charge < -0.3 is 19.9 Å². The second-order valence-electron chi connectivity index (χ2n) is 7.12. The summed E-state index contributed by atoms with van der Waals surface area (Å²) in [5, 5.41) is 11.7. The van der Waals surface area contributed by atoms with Crippen LogP contribution in [0.3, 0.4) is 0 Å². The van der Waals surface area contributed by atoms with Crippen LogP contribution in [0.4, 0.5) is 10.5 Å². The Morgan fingerprint density at radius 2 is 2.12 bits per heavy atom. The number of nitriles is 1. The van der Waals surface area contributed by atoms with Crippen LogP contribution in [-0.2, 0) is 4.74 Å². The summed E-state index contributed by atoms with van der Waals surface area (Å²) in [6, 6.07) is 5.48. The number of aromatic nitrogens is 1. The summed E-state index contributed by atoms with van der Waals surface area (Å²) >= 11 is 0. The van der Waals surface area contributed by atoms with Crippen molar-refractivity contribution in [3.63, 3.8) is 0 Å². The Balaban J connectivity index is 2.12. The van der Waals surface area contributed by atoms with Crippen LogP contribution in [0.25, 0.3) is 0 Å². The zero-order chi connectivity index (χ0) is 19.3. The van der Waals surface area contributed by atoms with Gasteiger partial charge in [-0.1, -0.05) is 0 Å². The van der Waals surface area contributed by atoms with Crippen LogP contribution in [0.15, 0.2) is 18.3 Å². The van der Waals surface area contributed by atoms with Crippen molar-refractivity contribution in [3.05, 3.63) is 24.0 Å². The van der Waals surface area contributed by atoms with Gasteiger partial charge in [-0.15, -0.1) is 0 Å². The van der Waals surface area contributed by atoms with E-state index in [1.807, 2.05) is 31.7 Å². The predicted octanol–water partition coefficient (Wildman–Crippen LogP) is 1.78. The van der Waals surface area contributed by atoms with E-state index in [1.165, 1.54) is 0 Å². The minimum atomic E-state index is -0.557. The average molecular weight is 359 g/mol. The lowest BCUT2D eigenvalue weighted by molar-refractivity contribution is 0.0215. The molecule has 2 amide bonds. The Morgan fingerprint density at radius 1 is 1.38 bits per heavy atom. The maximum absolute atomic E-state index is 12.3. The van der Waals surface area contributed by atoms with E-state index in [2.05, 4.69) is 16.4 Å². The standard InChI is InChI=1S/C18H25N5O3/c1-18(2,3)26-17(25)22-9-10-23(14(12-22)7-8-19)13-5-6-15(21-11-13)16(24)20-4/h5-6,11,14H,7,9-10,12H2,1-4H3,(H,20,24)/t14-/m0/s1. The number of pyridine rings is 1. The van der Waals surface area contributed by atoms with Crippen molar-refractivity contribution in [1.82, 2.24) is 15.2 Å². The van der Waals surface area contributed by atoms with Gasteiger partial charge >= 0.3 is 6.09 Å². The van der Waals surface area contributed by atoms with Gasteiger partial charge in [0.25, 0.3) is 5.91 Å². The Labute approximate surface area is 153 Å². The van der Waals surface area contributed by atoms with E-state index in [-0.39, 0.29) is 24.5 Å². The number of carbonyl (C=O) groups is 2. The van der Waals surface area contributed by atoms with Crippen molar-refractivity contribution in [1.29, 1.82) is 5.26 Å². The summed E-state index contributed by atoms with van der Waals surface area (Å²) in [4.78, 5) is 31.8. The molecule has 1 atom stereocenters. The normalized spacial score (nSPS) is 17.4. The lowest BCUT2D eigenvalue weighted by Crippen LogP contribution is -2.55. The minimum Gasteiger partial charge on any atom is -0.444 e. The van der Waals surface area contributed by atoms with E-state index < -0.39 is 5.60 Å². The van der Waals surface area contributed by atoms with Crippen molar-refractivity contribution in [2.75, 3.05) is 31.6 Å². The van der Waals surface area contributed by atoms with Gasteiger partial charge in [-0.2, -0.15) is 5.26 Å². The fourth-order valence-electron chi connectivity index (χ4n) is 2.79. The molecule has 0 radical (unpaired) electrons. The van der Waals surface area contributed by atoms with Gasteiger partial charge in [0, 0.05) is 26.7 Å². The van der Waals surface area contributed by atoms with Gasteiger partial charge in [0.05, 0.1) is 30.4 Å². The molecule has 2 heterocycles. The lowest BCUT2D eigenvalue weighted by Gasteiger charge is -2.42. The molecule has 0 saturated carbocycles. The number of hydrogen-bond acceptors (Lipinski definition) is 6.